The predicted molar refractivity (Wildman–Crippen MR) is 310 cm³/mol. The van der Waals surface area contributed by atoms with Crippen LogP contribution in [-0.2, 0) is 35.8 Å². The summed E-state index contributed by atoms with van der Waals surface area (Å²) in [4.78, 5) is 46.4. The van der Waals surface area contributed by atoms with Gasteiger partial charge in [0.25, 0.3) is 11.1 Å². The van der Waals surface area contributed by atoms with E-state index in [0.717, 1.165) is 46.1 Å². The topological polar surface area (TPSA) is 118 Å². The second-order valence-electron chi connectivity index (χ2n) is 24.4. The van der Waals surface area contributed by atoms with Crippen LogP contribution in [0.5, 0.6) is 5.75 Å². The zero-order valence-corrected chi connectivity index (χ0v) is 46.2. The summed E-state index contributed by atoms with van der Waals surface area (Å²) in [6, 6.07) is 31.5. The lowest BCUT2D eigenvalue weighted by Gasteiger charge is -2.49. The van der Waals surface area contributed by atoms with Crippen LogP contribution < -0.4 is 21.4 Å². The largest absolute Gasteiger partial charge is 0.489 e. The Hall–Kier alpha value is -5.91. The zero-order chi connectivity index (χ0) is 53.1. The number of aromatic nitrogens is 5. The molecule has 6 aromatic rings. The van der Waals surface area contributed by atoms with Gasteiger partial charge in [-0.3, -0.25) is 23.9 Å². The quantitative estimate of drug-likeness (QED) is 0.174. The van der Waals surface area contributed by atoms with Gasteiger partial charge in [0, 0.05) is 61.4 Å². The molecule has 0 radical (unpaired) electrons. The van der Waals surface area contributed by atoms with Gasteiger partial charge in [0.15, 0.2) is 0 Å². The Morgan fingerprint density at radius 3 is 1.84 bits per heavy atom. The van der Waals surface area contributed by atoms with Gasteiger partial charge in [0.05, 0.1) is 29.5 Å². The van der Waals surface area contributed by atoms with Gasteiger partial charge in [-0.25, -0.2) is 9.67 Å². The van der Waals surface area contributed by atoms with E-state index in [1.54, 1.807) is 29.2 Å². The van der Waals surface area contributed by atoms with Crippen LogP contribution in [0.2, 0.25) is 0 Å². The van der Waals surface area contributed by atoms with E-state index in [1.165, 1.54) is 28.9 Å². The van der Waals surface area contributed by atoms with E-state index in [0.29, 0.717) is 30.6 Å². The number of hydrogen-bond acceptors (Lipinski definition) is 8. The van der Waals surface area contributed by atoms with E-state index in [4.69, 9.17) is 4.74 Å². The number of likely N-dealkylation sites (N-methyl/N-ethyl adjacent to an activating group) is 1. The lowest BCUT2D eigenvalue weighted by atomic mass is 9.85. The van der Waals surface area contributed by atoms with Crippen LogP contribution >= 0.6 is 0 Å². The third-order valence-corrected chi connectivity index (χ3v) is 12.2. The van der Waals surface area contributed by atoms with Crippen molar-refractivity contribution in [3.8, 4) is 5.75 Å². The summed E-state index contributed by atoms with van der Waals surface area (Å²) in [5.41, 5.74) is 8.30. The van der Waals surface area contributed by atoms with E-state index in [-0.39, 0.29) is 53.2 Å². The van der Waals surface area contributed by atoms with Gasteiger partial charge in [-0.15, -0.1) is 0 Å². The monoisotopic (exact) mass is 1000 g/mol. The zero-order valence-electron chi connectivity index (χ0n) is 46.2. The summed E-state index contributed by atoms with van der Waals surface area (Å²) in [5.74, 6) is 1.04. The number of rotatable bonds is 4. The number of hydrogen-bond donors (Lipinski definition) is 1. The Labute approximate surface area is 439 Å². The fraction of sp³-hybridized carbons (Fsp3) is 0.500. The Morgan fingerprint density at radius 1 is 0.712 bits per heavy atom. The highest BCUT2D eigenvalue weighted by Gasteiger charge is 2.35. The Balaban J connectivity index is 0.000000314. The fourth-order valence-corrected chi connectivity index (χ4v) is 7.46. The van der Waals surface area contributed by atoms with E-state index in [9.17, 15) is 14.4 Å². The van der Waals surface area contributed by atoms with Crippen molar-refractivity contribution in [3.05, 3.63) is 181 Å². The van der Waals surface area contributed by atoms with Crippen LogP contribution in [0.1, 0.15) is 147 Å². The summed E-state index contributed by atoms with van der Waals surface area (Å²) in [5, 5.41) is 5.13. The fourth-order valence-electron chi connectivity index (χ4n) is 7.46. The predicted octanol–water partition coefficient (Wildman–Crippen LogP) is 12.5. The van der Waals surface area contributed by atoms with Gasteiger partial charge >= 0.3 is 0 Å². The molecule has 11 heteroatoms. The first-order chi connectivity index (χ1) is 32.8. The van der Waals surface area contributed by atoms with Crippen molar-refractivity contribution in [2.24, 2.45) is 5.41 Å². The molecule has 11 nitrogen and oxygen atoms in total. The van der Waals surface area contributed by atoms with Crippen LogP contribution in [0.3, 0.4) is 0 Å². The van der Waals surface area contributed by atoms with Crippen molar-refractivity contribution in [3.63, 3.8) is 0 Å². The Morgan fingerprint density at radius 2 is 1.30 bits per heavy atom. The minimum atomic E-state index is -0.0631. The van der Waals surface area contributed by atoms with Crippen LogP contribution in [0.25, 0.3) is 10.9 Å². The first-order valence-corrected chi connectivity index (χ1v) is 24.9. The molecule has 2 aliphatic heterocycles. The highest BCUT2D eigenvalue weighted by molar-refractivity contribution is 5.76. The molecule has 0 amide bonds. The van der Waals surface area contributed by atoms with E-state index in [2.05, 4.69) is 168 Å². The van der Waals surface area contributed by atoms with Crippen molar-refractivity contribution in [2.75, 3.05) is 33.8 Å². The maximum Gasteiger partial charge on any atom is 0.267 e. The minimum Gasteiger partial charge on any atom is -0.489 e. The van der Waals surface area contributed by atoms with E-state index >= 15 is 0 Å². The number of likely N-dealkylation sites (tertiary alicyclic amines) is 1. The number of fused-ring (bicyclic) bond motifs is 2. The molecule has 0 bridgehead atoms. The highest BCUT2D eigenvalue weighted by atomic mass is 16.5. The van der Waals surface area contributed by atoms with Crippen molar-refractivity contribution in [1.29, 1.82) is 0 Å². The molecule has 400 valence electrons. The van der Waals surface area contributed by atoms with Gasteiger partial charge in [-0.1, -0.05) is 165 Å². The van der Waals surface area contributed by atoms with Gasteiger partial charge in [0.1, 0.15) is 12.4 Å². The van der Waals surface area contributed by atoms with Gasteiger partial charge in [-0.2, -0.15) is 5.10 Å². The Kier molecular flexibility index (Phi) is 22.8. The number of para-hydroxylation sites is 1. The smallest absolute Gasteiger partial charge is 0.267 e. The summed E-state index contributed by atoms with van der Waals surface area (Å²) >= 11 is 0. The second-order valence-corrected chi connectivity index (χ2v) is 24.4. The van der Waals surface area contributed by atoms with Crippen LogP contribution in [-0.4, -0.2) is 79.5 Å². The lowest BCUT2D eigenvalue weighted by Crippen LogP contribution is -2.63. The SMILES string of the molecule is C.C.C=C1COc2cc(C(C)(C)C)ccc2C1.CC(C)(C)Cn1cnc2ccccc2c1=O.CC(C)(C)c1ccc(=O)[nH]c1.CC(C)(C)c1ccc(=O)n(Cc2ccccc2)n1.CN(C)C1CN(C(C)(C)C)C1. The maximum absolute atomic E-state index is 12.1. The number of aromatic amines is 1. The average molecular weight is 1000 g/mol. The molecular formula is C62H93N7O4. The molecule has 2 aliphatic rings. The molecular weight excluding hydrogens is 907 g/mol. The number of benzene rings is 3. The highest BCUT2D eigenvalue weighted by Crippen LogP contribution is 2.32. The van der Waals surface area contributed by atoms with Crippen LogP contribution in [0.15, 0.2) is 136 Å². The van der Waals surface area contributed by atoms with Gasteiger partial charge in [0.2, 0.25) is 5.56 Å². The number of nitrogens with zero attached hydrogens (tertiary/aromatic N) is 6. The summed E-state index contributed by atoms with van der Waals surface area (Å²) in [6.07, 6.45) is 4.36. The van der Waals surface area contributed by atoms with Crippen molar-refractivity contribution in [2.45, 2.75) is 166 Å². The molecule has 8 rings (SSSR count). The van der Waals surface area contributed by atoms with Crippen molar-refractivity contribution < 1.29 is 4.74 Å². The molecule has 73 heavy (non-hydrogen) atoms. The van der Waals surface area contributed by atoms with E-state index in [1.807, 2.05) is 66.7 Å². The molecule has 3 aromatic carbocycles. The number of pyridine rings is 1. The molecule has 3 aromatic heterocycles. The normalized spacial score (nSPS) is 13.8. The molecule has 1 fully saturated rings. The minimum absolute atomic E-state index is 0. The van der Waals surface area contributed by atoms with Gasteiger partial charge in [-0.05, 0) is 103 Å². The third kappa shape index (κ3) is 20.1. The number of ether oxygens (including phenoxy) is 1. The molecule has 1 N–H and O–H groups in total. The van der Waals surface area contributed by atoms with E-state index < -0.39 is 0 Å². The van der Waals surface area contributed by atoms with Crippen LogP contribution in [0.4, 0.5) is 0 Å². The summed E-state index contributed by atoms with van der Waals surface area (Å²) in [6.45, 7) is 40.7. The molecule has 0 atom stereocenters. The summed E-state index contributed by atoms with van der Waals surface area (Å²) in [7, 11) is 4.31. The molecule has 0 spiro atoms. The average Bonchev–Trinajstić information content (AvgIpc) is 3.24. The first kappa shape index (κ1) is 63.2. The number of H-pyrrole nitrogens is 1. The molecule has 0 unspecified atom stereocenters. The molecule has 0 aliphatic carbocycles. The number of nitrogens with one attached hydrogen (secondary N) is 1. The second kappa shape index (κ2) is 26.3. The van der Waals surface area contributed by atoms with Crippen molar-refractivity contribution in [1.82, 2.24) is 34.1 Å². The third-order valence-electron chi connectivity index (χ3n) is 12.2. The maximum atomic E-state index is 12.1. The lowest BCUT2D eigenvalue weighted by molar-refractivity contribution is -0.00401. The molecule has 5 heterocycles. The Bertz CT molecular complexity index is 2820. The van der Waals surface area contributed by atoms with Crippen molar-refractivity contribution >= 4 is 10.9 Å². The standard InChI is InChI=1S/C15H18N2O.C14H18O.C13H16N2O.C9H20N2.C9H13NO.2CH4/c1-15(2,3)13-9-10-14(18)17(16-13)11-12-7-5-4-6-8-12;1-10-7-11-5-6-12(14(2,3)4)8-13(11)15-9-10;1-13(2,3)8-15-9-14-11-7-5-4-6-10(11)12(15)16;1-9(2,3)11-6-8(7-11)10(4)5;1-9(2,3)7-4-5-8(11)10-6-7;;/h4-10H,11H2,1-3H3;5-6,8H,1,7,9H2,2-4H3;4-7,9H,8H2,1-3H3;8H,6-7H2,1-5H3;4-6H,1-3H3,(H,10,11);2*1H4. The summed E-state index contributed by atoms with van der Waals surface area (Å²) < 4.78 is 8.88. The molecule has 0 saturated carbocycles. The molecule has 1 saturated heterocycles. The van der Waals surface area contributed by atoms with Crippen LogP contribution in [0, 0.1) is 5.41 Å². The van der Waals surface area contributed by atoms with Gasteiger partial charge < -0.3 is 14.6 Å². The first-order valence-electron chi connectivity index (χ1n) is 24.9.